The lowest BCUT2D eigenvalue weighted by molar-refractivity contribution is -0.140. The summed E-state index contributed by atoms with van der Waals surface area (Å²) in [5.41, 5.74) is 0. The second-order valence-corrected chi connectivity index (χ2v) is 6.34. The SMILES string of the molecule is CC(=O)N[C@@H](CS(=O)C1C=CCS1)C(=O)O. The van der Waals surface area contributed by atoms with Crippen LogP contribution in [0.4, 0.5) is 0 Å². The highest BCUT2D eigenvalue weighted by Gasteiger charge is 2.25. The molecule has 3 atom stereocenters. The number of hydrogen-bond donors (Lipinski definition) is 2. The first kappa shape index (κ1) is 13.2. The minimum atomic E-state index is -1.28. The third kappa shape index (κ3) is 3.97. The number of hydrogen-bond acceptors (Lipinski definition) is 4. The lowest BCUT2D eigenvalue weighted by atomic mass is 10.3. The van der Waals surface area contributed by atoms with E-state index in [-0.39, 0.29) is 10.3 Å². The molecule has 0 fully saturated rings. The average Bonchev–Trinajstić information content (AvgIpc) is 2.68. The number of amides is 1. The van der Waals surface area contributed by atoms with Crippen LogP contribution >= 0.6 is 11.8 Å². The molecular weight excluding hydrogens is 250 g/mol. The zero-order valence-corrected chi connectivity index (χ0v) is 10.3. The van der Waals surface area contributed by atoms with Crippen LogP contribution in [-0.4, -0.2) is 43.3 Å². The summed E-state index contributed by atoms with van der Waals surface area (Å²) in [6.07, 6.45) is 3.72. The minimum Gasteiger partial charge on any atom is -0.480 e. The van der Waals surface area contributed by atoms with E-state index in [0.29, 0.717) is 0 Å². The Kier molecular flexibility index (Phi) is 5.01. The Labute approximate surface area is 100 Å². The van der Waals surface area contributed by atoms with Crippen LogP contribution in [0.3, 0.4) is 0 Å². The van der Waals surface area contributed by atoms with E-state index in [1.165, 1.54) is 18.7 Å². The Hall–Kier alpha value is -0.820. The number of carboxylic acid groups (broad SMARTS) is 1. The summed E-state index contributed by atoms with van der Waals surface area (Å²) in [5, 5.41) is 11.1. The summed E-state index contributed by atoms with van der Waals surface area (Å²) < 4.78 is 11.6. The van der Waals surface area contributed by atoms with Crippen molar-refractivity contribution in [3.05, 3.63) is 12.2 Å². The van der Waals surface area contributed by atoms with Crippen molar-refractivity contribution in [1.82, 2.24) is 5.32 Å². The first-order valence-electron chi connectivity index (χ1n) is 4.66. The van der Waals surface area contributed by atoms with E-state index in [2.05, 4.69) is 5.32 Å². The molecule has 5 nitrogen and oxygen atoms in total. The molecule has 0 saturated heterocycles. The first-order chi connectivity index (χ1) is 7.50. The van der Waals surface area contributed by atoms with Gasteiger partial charge >= 0.3 is 5.97 Å². The minimum absolute atomic E-state index is 0.0586. The first-order valence-corrected chi connectivity index (χ1v) is 7.09. The van der Waals surface area contributed by atoms with Gasteiger partial charge in [-0.05, 0) is 0 Å². The van der Waals surface area contributed by atoms with Crippen molar-refractivity contribution in [2.45, 2.75) is 17.5 Å². The molecule has 1 aliphatic heterocycles. The predicted octanol–water partition coefficient (Wildman–Crippen LogP) is -0.0465. The summed E-state index contributed by atoms with van der Waals surface area (Å²) in [4.78, 5) is 21.6. The molecule has 0 radical (unpaired) electrons. The van der Waals surface area contributed by atoms with Crippen LogP contribution in [0.15, 0.2) is 12.2 Å². The van der Waals surface area contributed by atoms with Gasteiger partial charge in [0.05, 0.1) is 10.3 Å². The van der Waals surface area contributed by atoms with Gasteiger partial charge in [0.15, 0.2) is 0 Å². The van der Waals surface area contributed by atoms with Gasteiger partial charge in [-0.2, -0.15) is 0 Å². The zero-order chi connectivity index (χ0) is 12.1. The largest absolute Gasteiger partial charge is 0.480 e. The maximum Gasteiger partial charge on any atom is 0.327 e. The van der Waals surface area contributed by atoms with E-state index in [1.54, 1.807) is 0 Å². The normalized spacial score (nSPS) is 22.7. The molecule has 1 aliphatic rings. The number of thioether (sulfide) groups is 1. The van der Waals surface area contributed by atoms with Gasteiger partial charge in [0.1, 0.15) is 6.04 Å². The summed E-state index contributed by atoms with van der Waals surface area (Å²) in [5.74, 6) is -0.847. The molecule has 0 aromatic carbocycles. The number of carboxylic acids is 1. The fourth-order valence-electron chi connectivity index (χ4n) is 1.22. The molecule has 0 saturated carbocycles. The Morgan fingerprint density at radius 1 is 1.69 bits per heavy atom. The molecule has 1 rings (SSSR count). The Bertz CT molecular complexity index is 342. The number of carbonyl (C=O) groups is 2. The topological polar surface area (TPSA) is 83.5 Å². The van der Waals surface area contributed by atoms with E-state index in [9.17, 15) is 13.8 Å². The van der Waals surface area contributed by atoms with Crippen molar-refractivity contribution >= 4 is 34.4 Å². The molecule has 0 aromatic heterocycles. The fraction of sp³-hybridized carbons (Fsp3) is 0.556. The summed E-state index contributed by atoms with van der Waals surface area (Å²) in [6.45, 7) is 1.24. The van der Waals surface area contributed by atoms with Gasteiger partial charge in [0, 0.05) is 23.5 Å². The van der Waals surface area contributed by atoms with Crippen LogP contribution in [0.25, 0.3) is 0 Å². The van der Waals surface area contributed by atoms with Gasteiger partial charge in [-0.3, -0.25) is 9.00 Å². The van der Waals surface area contributed by atoms with Gasteiger partial charge in [0.2, 0.25) is 5.91 Å². The monoisotopic (exact) mass is 263 g/mol. The molecular formula is C9H13NO4S2. The molecule has 2 unspecified atom stereocenters. The van der Waals surface area contributed by atoms with Crippen LogP contribution in [0.2, 0.25) is 0 Å². The lowest BCUT2D eigenvalue weighted by Crippen LogP contribution is -2.44. The van der Waals surface area contributed by atoms with Gasteiger partial charge in [0.25, 0.3) is 0 Å². The van der Waals surface area contributed by atoms with E-state index < -0.39 is 28.7 Å². The second kappa shape index (κ2) is 6.05. The average molecular weight is 263 g/mol. The standard InChI is InChI=1S/C9H13NO4S2/c1-6(11)10-7(9(12)13)5-16(14)8-3-2-4-15-8/h2-3,7-8H,4-5H2,1H3,(H,10,11)(H,12,13)/t7-,8?,16?/m0/s1. The van der Waals surface area contributed by atoms with Crippen molar-refractivity contribution in [2.24, 2.45) is 0 Å². The van der Waals surface area contributed by atoms with Crippen molar-refractivity contribution in [3.8, 4) is 0 Å². The van der Waals surface area contributed by atoms with Gasteiger partial charge in [-0.15, -0.1) is 11.8 Å². The van der Waals surface area contributed by atoms with Crippen LogP contribution in [0.1, 0.15) is 6.92 Å². The van der Waals surface area contributed by atoms with Gasteiger partial charge in [-0.1, -0.05) is 12.2 Å². The maximum absolute atomic E-state index is 11.8. The Morgan fingerprint density at radius 2 is 2.38 bits per heavy atom. The van der Waals surface area contributed by atoms with E-state index in [1.807, 2.05) is 12.2 Å². The predicted molar refractivity (Wildman–Crippen MR) is 63.6 cm³/mol. The summed E-state index contributed by atoms with van der Waals surface area (Å²) in [6, 6.07) is -1.08. The molecule has 7 heteroatoms. The zero-order valence-electron chi connectivity index (χ0n) is 8.71. The number of aliphatic carboxylic acids is 1. The molecule has 2 N–H and O–H groups in total. The molecule has 0 aliphatic carbocycles. The smallest absolute Gasteiger partial charge is 0.327 e. The highest BCUT2D eigenvalue weighted by Crippen LogP contribution is 2.22. The Morgan fingerprint density at radius 3 is 2.81 bits per heavy atom. The fourth-order valence-corrected chi connectivity index (χ4v) is 3.96. The molecule has 0 spiro atoms. The number of nitrogens with one attached hydrogen (secondary N) is 1. The quantitative estimate of drug-likeness (QED) is 0.680. The van der Waals surface area contributed by atoms with Crippen LogP contribution in [0, 0.1) is 0 Å². The molecule has 0 bridgehead atoms. The number of rotatable bonds is 5. The van der Waals surface area contributed by atoms with Gasteiger partial charge < -0.3 is 10.4 Å². The van der Waals surface area contributed by atoms with Crippen LogP contribution in [-0.2, 0) is 20.4 Å². The molecule has 90 valence electrons. The highest BCUT2D eigenvalue weighted by atomic mass is 32.2. The molecule has 1 amide bonds. The van der Waals surface area contributed by atoms with E-state index in [4.69, 9.17) is 5.11 Å². The number of carbonyl (C=O) groups excluding carboxylic acids is 1. The third-order valence-electron chi connectivity index (χ3n) is 1.92. The van der Waals surface area contributed by atoms with Gasteiger partial charge in [-0.25, -0.2) is 4.79 Å². The van der Waals surface area contributed by atoms with Crippen molar-refractivity contribution < 1.29 is 18.9 Å². The third-order valence-corrected chi connectivity index (χ3v) is 5.18. The molecule has 16 heavy (non-hydrogen) atoms. The van der Waals surface area contributed by atoms with Crippen LogP contribution < -0.4 is 5.32 Å². The van der Waals surface area contributed by atoms with E-state index in [0.717, 1.165) is 5.75 Å². The van der Waals surface area contributed by atoms with E-state index >= 15 is 0 Å². The van der Waals surface area contributed by atoms with Crippen molar-refractivity contribution in [2.75, 3.05) is 11.5 Å². The van der Waals surface area contributed by atoms with Crippen molar-refractivity contribution in [3.63, 3.8) is 0 Å². The summed E-state index contributed by atoms with van der Waals surface area (Å²) in [7, 11) is -1.28. The molecule has 1 heterocycles. The second-order valence-electron chi connectivity index (χ2n) is 3.27. The summed E-state index contributed by atoms with van der Waals surface area (Å²) >= 11 is 1.51. The Balaban J connectivity index is 2.53. The highest BCUT2D eigenvalue weighted by molar-refractivity contribution is 8.11. The molecule has 0 aromatic rings. The van der Waals surface area contributed by atoms with Crippen molar-refractivity contribution in [1.29, 1.82) is 0 Å². The lowest BCUT2D eigenvalue weighted by Gasteiger charge is -2.14. The maximum atomic E-state index is 11.8. The van der Waals surface area contributed by atoms with Crippen LogP contribution in [0.5, 0.6) is 0 Å².